The molecule has 0 aliphatic rings. The molecule has 1 aromatic carbocycles. The van der Waals surface area contributed by atoms with Crippen LogP contribution in [0.1, 0.15) is 42.7 Å². The van der Waals surface area contributed by atoms with E-state index >= 15 is 0 Å². The molecule has 1 aromatic heterocycles. The first kappa shape index (κ1) is 12.8. The number of nitrogens with zero attached hydrogens (tertiary/aromatic N) is 2. The van der Waals surface area contributed by atoms with Crippen molar-refractivity contribution in [2.24, 2.45) is 7.05 Å². The highest BCUT2D eigenvalue weighted by molar-refractivity contribution is 5.25. The van der Waals surface area contributed by atoms with Crippen LogP contribution in [0.3, 0.4) is 0 Å². The van der Waals surface area contributed by atoms with Gasteiger partial charge in [-0.2, -0.15) is 5.10 Å². The normalized spacial score (nSPS) is 12.9. The minimum absolute atomic E-state index is 0.531. The number of hydrogen-bond acceptors (Lipinski definition) is 2. The molecule has 2 rings (SSSR count). The van der Waals surface area contributed by atoms with E-state index < -0.39 is 6.10 Å². The quantitative estimate of drug-likeness (QED) is 0.898. The van der Waals surface area contributed by atoms with E-state index in [1.807, 2.05) is 19.3 Å². The molecule has 0 radical (unpaired) electrons. The highest BCUT2D eigenvalue weighted by atomic mass is 16.3. The van der Waals surface area contributed by atoms with Crippen LogP contribution in [0, 0.1) is 0 Å². The Bertz CT molecular complexity index is 499. The van der Waals surface area contributed by atoms with Gasteiger partial charge < -0.3 is 5.11 Å². The number of hydrogen-bond donors (Lipinski definition) is 1. The molecule has 3 nitrogen and oxygen atoms in total. The Labute approximate surface area is 108 Å². The second-order valence-corrected chi connectivity index (χ2v) is 5.03. The Hall–Kier alpha value is -1.61. The molecule has 0 amide bonds. The van der Waals surface area contributed by atoms with Crippen molar-refractivity contribution in [1.82, 2.24) is 9.78 Å². The van der Waals surface area contributed by atoms with Crippen LogP contribution in [-0.2, 0) is 13.5 Å². The monoisotopic (exact) mass is 244 g/mol. The highest BCUT2D eigenvalue weighted by Gasteiger charge is 2.11. The molecule has 0 saturated carbocycles. The van der Waals surface area contributed by atoms with Gasteiger partial charge in [-0.3, -0.25) is 4.68 Å². The number of aryl methyl sites for hydroxylation is 1. The molecule has 0 bridgehead atoms. The van der Waals surface area contributed by atoms with Gasteiger partial charge in [-0.1, -0.05) is 38.1 Å². The van der Waals surface area contributed by atoms with Gasteiger partial charge in [0.25, 0.3) is 0 Å². The zero-order chi connectivity index (χ0) is 13.1. The summed E-state index contributed by atoms with van der Waals surface area (Å²) in [5, 5.41) is 14.3. The first-order valence-corrected chi connectivity index (χ1v) is 6.32. The third-order valence-corrected chi connectivity index (χ3v) is 3.15. The average molecular weight is 244 g/mol. The van der Waals surface area contributed by atoms with E-state index in [-0.39, 0.29) is 0 Å². The Morgan fingerprint density at radius 3 is 2.33 bits per heavy atom. The summed E-state index contributed by atoms with van der Waals surface area (Å²) in [7, 11) is 1.85. The maximum atomic E-state index is 10.1. The maximum absolute atomic E-state index is 10.1. The zero-order valence-corrected chi connectivity index (χ0v) is 11.2. The topological polar surface area (TPSA) is 38.0 Å². The lowest BCUT2D eigenvalue weighted by atomic mass is 9.99. The SMILES string of the molecule is CC(C)c1ccc(CC(O)c2ccn(C)n2)cc1. The van der Waals surface area contributed by atoms with Gasteiger partial charge in [0.1, 0.15) is 6.10 Å². The molecule has 1 heterocycles. The van der Waals surface area contributed by atoms with Crippen molar-refractivity contribution in [3.8, 4) is 0 Å². The van der Waals surface area contributed by atoms with Gasteiger partial charge in [0.15, 0.2) is 0 Å². The van der Waals surface area contributed by atoms with Crippen molar-refractivity contribution < 1.29 is 5.11 Å². The van der Waals surface area contributed by atoms with Crippen LogP contribution in [0.4, 0.5) is 0 Å². The van der Waals surface area contributed by atoms with Crippen molar-refractivity contribution in [3.63, 3.8) is 0 Å². The van der Waals surface area contributed by atoms with Crippen LogP contribution in [0.2, 0.25) is 0 Å². The first-order valence-electron chi connectivity index (χ1n) is 6.32. The summed E-state index contributed by atoms with van der Waals surface area (Å²) in [5.41, 5.74) is 3.19. The van der Waals surface area contributed by atoms with E-state index in [4.69, 9.17) is 0 Å². The molecule has 96 valence electrons. The molecule has 3 heteroatoms. The van der Waals surface area contributed by atoms with Crippen LogP contribution >= 0.6 is 0 Å². The van der Waals surface area contributed by atoms with Gasteiger partial charge in [-0.25, -0.2) is 0 Å². The zero-order valence-electron chi connectivity index (χ0n) is 11.2. The third-order valence-electron chi connectivity index (χ3n) is 3.15. The molecule has 0 fully saturated rings. The fraction of sp³-hybridized carbons (Fsp3) is 0.400. The molecule has 0 aliphatic heterocycles. The van der Waals surface area contributed by atoms with Gasteiger partial charge in [-0.05, 0) is 23.1 Å². The van der Waals surface area contributed by atoms with Crippen LogP contribution < -0.4 is 0 Å². The summed E-state index contributed by atoms with van der Waals surface area (Å²) in [4.78, 5) is 0. The second-order valence-electron chi connectivity index (χ2n) is 5.03. The second kappa shape index (κ2) is 5.36. The van der Waals surface area contributed by atoms with Crippen LogP contribution in [0.25, 0.3) is 0 Å². The van der Waals surface area contributed by atoms with E-state index in [0.29, 0.717) is 12.3 Å². The predicted octanol–water partition coefficient (Wildman–Crippen LogP) is 2.82. The summed E-state index contributed by atoms with van der Waals surface area (Å²) in [5.74, 6) is 0.541. The first-order chi connectivity index (χ1) is 8.56. The molecule has 0 spiro atoms. The van der Waals surface area contributed by atoms with Crippen molar-refractivity contribution in [3.05, 3.63) is 53.3 Å². The Morgan fingerprint density at radius 1 is 1.17 bits per heavy atom. The minimum atomic E-state index is -0.531. The minimum Gasteiger partial charge on any atom is -0.386 e. The summed E-state index contributed by atoms with van der Waals surface area (Å²) >= 11 is 0. The molecular weight excluding hydrogens is 224 g/mol. The standard InChI is InChI=1S/C15H20N2O/c1-11(2)13-6-4-12(5-7-13)10-15(18)14-8-9-17(3)16-14/h4-9,11,15,18H,10H2,1-3H3. The van der Waals surface area contributed by atoms with Gasteiger partial charge >= 0.3 is 0 Å². The largest absolute Gasteiger partial charge is 0.386 e. The van der Waals surface area contributed by atoms with Gasteiger partial charge in [-0.15, -0.1) is 0 Å². The molecule has 1 N–H and O–H groups in total. The summed E-state index contributed by atoms with van der Waals surface area (Å²) in [6.45, 7) is 4.36. The number of aliphatic hydroxyl groups is 1. The summed E-state index contributed by atoms with van der Waals surface area (Å²) in [6, 6.07) is 10.3. The molecular formula is C15H20N2O. The smallest absolute Gasteiger partial charge is 0.102 e. The molecule has 1 unspecified atom stereocenters. The summed E-state index contributed by atoms with van der Waals surface area (Å²) < 4.78 is 1.71. The highest BCUT2D eigenvalue weighted by Crippen LogP contribution is 2.19. The van der Waals surface area contributed by atoms with Crippen molar-refractivity contribution >= 4 is 0 Å². The summed E-state index contributed by atoms with van der Waals surface area (Å²) in [6.07, 6.45) is 1.92. The van der Waals surface area contributed by atoms with E-state index in [9.17, 15) is 5.11 Å². The lowest BCUT2D eigenvalue weighted by Crippen LogP contribution is -2.03. The van der Waals surface area contributed by atoms with Crippen LogP contribution in [0.15, 0.2) is 36.5 Å². The molecule has 0 saturated heterocycles. The number of benzene rings is 1. The molecule has 0 aliphatic carbocycles. The maximum Gasteiger partial charge on any atom is 0.102 e. The third kappa shape index (κ3) is 2.99. The van der Waals surface area contributed by atoms with Gasteiger partial charge in [0.2, 0.25) is 0 Å². The number of aromatic nitrogens is 2. The Kier molecular flexibility index (Phi) is 3.82. The van der Waals surface area contributed by atoms with Gasteiger partial charge in [0.05, 0.1) is 5.69 Å². The van der Waals surface area contributed by atoms with E-state index in [1.165, 1.54) is 5.56 Å². The number of rotatable bonds is 4. The van der Waals surface area contributed by atoms with Crippen LogP contribution in [-0.4, -0.2) is 14.9 Å². The van der Waals surface area contributed by atoms with Crippen molar-refractivity contribution in [2.75, 3.05) is 0 Å². The predicted molar refractivity (Wildman–Crippen MR) is 72.4 cm³/mol. The molecule has 2 aromatic rings. The van der Waals surface area contributed by atoms with Crippen molar-refractivity contribution in [1.29, 1.82) is 0 Å². The Morgan fingerprint density at radius 2 is 1.83 bits per heavy atom. The van der Waals surface area contributed by atoms with Crippen LogP contribution in [0.5, 0.6) is 0 Å². The van der Waals surface area contributed by atoms with E-state index in [2.05, 4.69) is 43.2 Å². The lowest BCUT2D eigenvalue weighted by molar-refractivity contribution is 0.173. The van der Waals surface area contributed by atoms with Crippen molar-refractivity contribution in [2.45, 2.75) is 32.3 Å². The number of aliphatic hydroxyl groups excluding tert-OH is 1. The fourth-order valence-electron chi connectivity index (χ4n) is 1.98. The average Bonchev–Trinajstić information content (AvgIpc) is 2.76. The molecule has 18 heavy (non-hydrogen) atoms. The Balaban J connectivity index is 2.05. The van der Waals surface area contributed by atoms with E-state index in [0.717, 1.165) is 11.3 Å². The fourth-order valence-corrected chi connectivity index (χ4v) is 1.98. The van der Waals surface area contributed by atoms with Gasteiger partial charge in [0, 0.05) is 19.7 Å². The molecule has 1 atom stereocenters. The lowest BCUT2D eigenvalue weighted by Gasteiger charge is -2.10. The van der Waals surface area contributed by atoms with E-state index in [1.54, 1.807) is 4.68 Å².